The molecule has 3 rings (SSSR count). The summed E-state index contributed by atoms with van der Waals surface area (Å²) in [5.41, 5.74) is 1.27. The van der Waals surface area contributed by atoms with Crippen molar-refractivity contribution in [2.45, 2.75) is 32.4 Å². The molecular formula is C16H16FNO4. The third-order valence-electron chi connectivity index (χ3n) is 4.45. The number of aliphatic carboxylic acids is 1. The van der Waals surface area contributed by atoms with E-state index in [-0.39, 0.29) is 17.6 Å². The zero-order valence-corrected chi connectivity index (χ0v) is 12.2. The molecule has 0 saturated carbocycles. The first-order chi connectivity index (χ1) is 10.3. The van der Waals surface area contributed by atoms with Crippen LogP contribution in [0.4, 0.5) is 4.39 Å². The van der Waals surface area contributed by atoms with Gasteiger partial charge >= 0.3 is 5.97 Å². The van der Waals surface area contributed by atoms with Crippen LogP contribution in [0.1, 0.15) is 24.5 Å². The third-order valence-corrected chi connectivity index (χ3v) is 4.45. The van der Waals surface area contributed by atoms with E-state index in [9.17, 15) is 24.2 Å². The molecule has 0 aromatic heterocycles. The molecule has 0 radical (unpaired) electrons. The van der Waals surface area contributed by atoms with E-state index in [0.717, 1.165) is 0 Å². The van der Waals surface area contributed by atoms with Crippen molar-refractivity contribution in [3.8, 4) is 0 Å². The molecule has 22 heavy (non-hydrogen) atoms. The maximum absolute atomic E-state index is 13.8. The van der Waals surface area contributed by atoms with Crippen molar-refractivity contribution >= 4 is 17.4 Å². The Bertz CT molecular complexity index is 710. The number of β-lactam (4-membered cyclic amide) rings is 1. The Balaban J connectivity index is 2.05. The number of rotatable bonds is 3. The van der Waals surface area contributed by atoms with Crippen molar-refractivity contribution in [3.63, 3.8) is 0 Å². The number of carboxylic acids is 1. The predicted molar refractivity (Wildman–Crippen MR) is 76.1 cm³/mol. The lowest BCUT2D eigenvalue weighted by Crippen LogP contribution is -2.61. The highest BCUT2D eigenvalue weighted by Crippen LogP contribution is 2.46. The number of fused-ring (bicyclic) bond motifs is 1. The molecule has 5 nitrogen and oxygen atoms in total. The monoisotopic (exact) mass is 305 g/mol. The van der Waals surface area contributed by atoms with Crippen LogP contribution < -0.4 is 0 Å². The van der Waals surface area contributed by atoms with Gasteiger partial charge in [-0.25, -0.2) is 9.18 Å². The maximum Gasteiger partial charge on any atom is 0.352 e. The molecule has 116 valence electrons. The lowest BCUT2D eigenvalue weighted by atomic mass is 9.82. The van der Waals surface area contributed by atoms with Gasteiger partial charge in [-0.1, -0.05) is 12.1 Å². The summed E-state index contributed by atoms with van der Waals surface area (Å²) in [5, 5.41) is 19.1. The minimum absolute atomic E-state index is 0.102. The molecule has 0 unspecified atom stereocenters. The number of aliphatic hydroxyl groups is 1. The lowest BCUT2D eigenvalue weighted by Gasteiger charge is -2.44. The molecule has 0 spiro atoms. The topological polar surface area (TPSA) is 77.8 Å². The van der Waals surface area contributed by atoms with Gasteiger partial charge in [-0.15, -0.1) is 0 Å². The van der Waals surface area contributed by atoms with Crippen LogP contribution in [-0.4, -0.2) is 39.1 Å². The number of amides is 1. The number of hydrogen-bond donors (Lipinski definition) is 2. The molecule has 2 aliphatic heterocycles. The van der Waals surface area contributed by atoms with Gasteiger partial charge in [-0.05, 0) is 43.0 Å². The molecule has 3 atom stereocenters. The average Bonchev–Trinajstić information content (AvgIpc) is 2.76. The first kappa shape index (κ1) is 14.7. The second kappa shape index (κ2) is 4.91. The lowest BCUT2D eigenvalue weighted by molar-refractivity contribution is -0.161. The first-order valence-electron chi connectivity index (χ1n) is 7.07. The molecule has 1 fully saturated rings. The smallest absolute Gasteiger partial charge is 0.352 e. The summed E-state index contributed by atoms with van der Waals surface area (Å²) in [6.07, 6.45) is -0.524. The Kier molecular flexibility index (Phi) is 3.29. The second-order valence-electron chi connectivity index (χ2n) is 5.84. The highest BCUT2D eigenvalue weighted by molar-refractivity contribution is 6.06. The summed E-state index contributed by atoms with van der Waals surface area (Å²) in [5.74, 6) is -2.61. The molecule has 1 amide bonds. The van der Waals surface area contributed by atoms with E-state index in [1.807, 2.05) is 0 Å². The summed E-state index contributed by atoms with van der Waals surface area (Å²) in [6, 6.07) is 4.17. The standard InChI is InChI=1S/C16H16FNO4/c1-7-3-4-9(5-11(7)17)10-6-12-13(8(2)19)15(20)18(12)14(10)16(21)22/h3-5,8,12-13,19H,6H2,1-2H3,(H,21,22)/t8-,12-,13-/m1/s1. The van der Waals surface area contributed by atoms with Crippen molar-refractivity contribution in [3.05, 3.63) is 40.8 Å². The molecule has 0 aliphatic carbocycles. The van der Waals surface area contributed by atoms with Crippen LogP contribution in [0, 0.1) is 18.7 Å². The summed E-state index contributed by atoms with van der Waals surface area (Å²) in [4.78, 5) is 24.8. The molecule has 1 aromatic rings. The van der Waals surface area contributed by atoms with Crippen LogP contribution in [-0.2, 0) is 9.59 Å². The van der Waals surface area contributed by atoms with Gasteiger partial charge in [-0.3, -0.25) is 4.79 Å². The van der Waals surface area contributed by atoms with Crippen LogP contribution in [0.2, 0.25) is 0 Å². The van der Waals surface area contributed by atoms with Gasteiger partial charge < -0.3 is 15.1 Å². The maximum atomic E-state index is 13.8. The zero-order valence-electron chi connectivity index (χ0n) is 12.2. The fourth-order valence-corrected chi connectivity index (χ4v) is 3.31. The van der Waals surface area contributed by atoms with Crippen LogP contribution in [0.3, 0.4) is 0 Å². The van der Waals surface area contributed by atoms with Crippen molar-refractivity contribution < 1.29 is 24.2 Å². The van der Waals surface area contributed by atoms with E-state index in [2.05, 4.69) is 0 Å². The van der Waals surface area contributed by atoms with Gasteiger partial charge in [0.2, 0.25) is 5.91 Å². The first-order valence-corrected chi connectivity index (χ1v) is 7.07. The predicted octanol–water partition coefficient (Wildman–Crippen LogP) is 1.54. The van der Waals surface area contributed by atoms with Gasteiger partial charge in [0, 0.05) is 0 Å². The van der Waals surface area contributed by atoms with Gasteiger partial charge in [0.05, 0.1) is 18.1 Å². The number of carboxylic acid groups (broad SMARTS) is 1. The third kappa shape index (κ3) is 1.94. The summed E-state index contributed by atoms with van der Waals surface area (Å²) < 4.78 is 13.8. The number of halogens is 1. The normalized spacial score (nSPS) is 25.1. The van der Waals surface area contributed by atoms with Crippen LogP contribution in [0.15, 0.2) is 23.9 Å². The number of nitrogens with zero attached hydrogens (tertiary/aromatic N) is 1. The fraction of sp³-hybridized carbons (Fsp3) is 0.375. The number of aryl methyl sites for hydroxylation is 1. The number of aliphatic hydroxyl groups excluding tert-OH is 1. The Morgan fingerprint density at radius 1 is 1.45 bits per heavy atom. The van der Waals surface area contributed by atoms with Crippen LogP contribution in [0.5, 0.6) is 0 Å². The Morgan fingerprint density at radius 3 is 2.68 bits per heavy atom. The number of hydrogen-bond acceptors (Lipinski definition) is 3. The van der Waals surface area contributed by atoms with E-state index in [0.29, 0.717) is 23.1 Å². The fourth-order valence-electron chi connectivity index (χ4n) is 3.31. The average molecular weight is 305 g/mol. The molecule has 2 aliphatic rings. The van der Waals surface area contributed by atoms with Crippen molar-refractivity contribution in [1.29, 1.82) is 0 Å². The number of benzene rings is 1. The van der Waals surface area contributed by atoms with Crippen molar-refractivity contribution in [2.75, 3.05) is 0 Å². The quantitative estimate of drug-likeness (QED) is 0.830. The molecule has 6 heteroatoms. The van der Waals surface area contributed by atoms with Gasteiger partial charge in [0.15, 0.2) is 0 Å². The van der Waals surface area contributed by atoms with Gasteiger partial charge in [0.1, 0.15) is 11.5 Å². The summed E-state index contributed by atoms with van der Waals surface area (Å²) in [6.45, 7) is 3.14. The molecule has 0 bridgehead atoms. The highest BCUT2D eigenvalue weighted by Gasteiger charge is 2.56. The largest absolute Gasteiger partial charge is 0.477 e. The highest BCUT2D eigenvalue weighted by atomic mass is 19.1. The molecule has 2 heterocycles. The van der Waals surface area contributed by atoms with E-state index in [1.165, 1.54) is 17.9 Å². The van der Waals surface area contributed by atoms with Crippen LogP contribution in [0.25, 0.3) is 5.57 Å². The Labute approximate surface area is 126 Å². The minimum Gasteiger partial charge on any atom is -0.477 e. The Morgan fingerprint density at radius 2 is 2.14 bits per heavy atom. The van der Waals surface area contributed by atoms with Gasteiger partial charge in [-0.2, -0.15) is 0 Å². The zero-order chi connectivity index (χ0) is 16.2. The summed E-state index contributed by atoms with van der Waals surface area (Å²) >= 11 is 0. The van der Waals surface area contributed by atoms with E-state index < -0.39 is 23.8 Å². The molecule has 1 saturated heterocycles. The number of carbonyl (C=O) groups is 2. The SMILES string of the molecule is Cc1ccc(C2=C(C(=O)O)N3C(=O)[C@H]([C@@H](C)O)[C@H]3C2)cc1F. The Hall–Kier alpha value is -2.21. The summed E-state index contributed by atoms with van der Waals surface area (Å²) in [7, 11) is 0. The van der Waals surface area contributed by atoms with Crippen molar-refractivity contribution in [1.82, 2.24) is 4.90 Å². The van der Waals surface area contributed by atoms with E-state index in [4.69, 9.17) is 0 Å². The van der Waals surface area contributed by atoms with Crippen molar-refractivity contribution in [2.24, 2.45) is 5.92 Å². The van der Waals surface area contributed by atoms with E-state index >= 15 is 0 Å². The second-order valence-corrected chi connectivity index (χ2v) is 5.84. The minimum atomic E-state index is -1.21. The number of carbonyl (C=O) groups excluding carboxylic acids is 1. The molecule has 1 aromatic carbocycles. The van der Waals surface area contributed by atoms with Gasteiger partial charge in [0.25, 0.3) is 0 Å². The molecule has 2 N–H and O–H groups in total. The molecular weight excluding hydrogens is 289 g/mol. The van der Waals surface area contributed by atoms with E-state index in [1.54, 1.807) is 19.1 Å². The van der Waals surface area contributed by atoms with Crippen LogP contribution >= 0.6 is 0 Å².